The second-order valence-corrected chi connectivity index (χ2v) is 3.84. The van der Waals surface area contributed by atoms with Gasteiger partial charge in [-0.3, -0.25) is 9.79 Å². The fraction of sp³-hybridized carbons (Fsp3) is 0.727. The molecular weight excluding hydrogens is 267 g/mol. The predicted molar refractivity (Wildman–Crippen MR) is 58.6 cm³/mol. The quantitative estimate of drug-likeness (QED) is 0.730. The third kappa shape index (κ3) is 3.45. The zero-order valence-electron chi connectivity index (χ0n) is 10.4. The van der Waals surface area contributed by atoms with Crippen molar-refractivity contribution in [2.45, 2.75) is 26.1 Å². The zero-order valence-corrected chi connectivity index (χ0v) is 10.4. The van der Waals surface area contributed by atoms with Crippen LogP contribution in [0.1, 0.15) is 13.8 Å². The van der Waals surface area contributed by atoms with Crippen LogP contribution in [-0.4, -0.2) is 43.6 Å². The van der Waals surface area contributed by atoms with Crippen LogP contribution in [0.4, 0.5) is 13.2 Å². The van der Waals surface area contributed by atoms with Crippen molar-refractivity contribution in [2.75, 3.05) is 13.2 Å². The van der Waals surface area contributed by atoms with Crippen LogP contribution in [0.5, 0.6) is 0 Å². The third-order valence-electron chi connectivity index (χ3n) is 2.60. The van der Waals surface area contributed by atoms with Gasteiger partial charge in [-0.25, -0.2) is 4.79 Å². The van der Waals surface area contributed by atoms with Gasteiger partial charge in [0.25, 0.3) is 0 Å². The van der Waals surface area contributed by atoms with Gasteiger partial charge in [0.05, 0.1) is 13.2 Å². The number of hydrogen-bond acceptors (Lipinski definition) is 5. The number of esters is 2. The van der Waals surface area contributed by atoms with Crippen molar-refractivity contribution in [1.82, 2.24) is 0 Å². The number of aliphatic imine (C=N–C) groups is 1. The molecule has 0 bridgehead atoms. The number of carbonyl (C=O) groups is 2. The normalized spacial score (nSPS) is 26.3. The molecule has 1 aliphatic rings. The molecule has 0 spiro atoms. The van der Waals surface area contributed by atoms with Gasteiger partial charge in [0.2, 0.25) is 0 Å². The summed E-state index contributed by atoms with van der Waals surface area (Å²) in [4.78, 5) is 26.4. The van der Waals surface area contributed by atoms with Crippen molar-refractivity contribution in [3.8, 4) is 0 Å². The SMILES string of the molecule is CCOC(=O)C1C=NC(C(=O)OCC)C1C(F)(F)F. The van der Waals surface area contributed by atoms with E-state index in [9.17, 15) is 22.8 Å². The minimum absolute atomic E-state index is 0.0438. The minimum atomic E-state index is -4.74. The molecule has 1 aliphatic heterocycles. The summed E-state index contributed by atoms with van der Waals surface area (Å²) in [5.74, 6) is -5.96. The summed E-state index contributed by atoms with van der Waals surface area (Å²) in [6.45, 7) is 2.86. The maximum Gasteiger partial charge on any atom is 0.395 e. The van der Waals surface area contributed by atoms with E-state index in [-0.39, 0.29) is 13.2 Å². The van der Waals surface area contributed by atoms with Gasteiger partial charge in [-0.2, -0.15) is 13.2 Å². The Morgan fingerprint density at radius 3 is 2.16 bits per heavy atom. The largest absolute Gasteiger partial charge is 0.465 e. The van der Waals surface area contributed by atoms with Gasteiger partial charge in [0, 0.05) is 6.21 Å². The molecule has 0 radical (unpaired) electrons. The molecular formula is C11H14F3NO4. The zero-order chi connectivity index (χ0) is 14.6. The molecule has 8 heteroatoms. The van der Waals surface area contributed by atoms with Crippen molar-refractivity contribution < 1.29 is 32.2 Å². The van der Waals surface area contributed by atoms with E-state index < -0.39 is 36.0 Å². The van der Waals surface area contributed by atoms with Gasteiger partial charge in [0.1, 0.15) is 11.8 Å². The Bertz CT molecular complexity index is 353. The van der Waals surface area contributed by atoms with Crippen LogP contribution in [0.15, 0.2) is 4.99 Å². The molecule has 0 amide bonds. The van der Waals surface area contributed by atoms with Crippen LogP contribution in [0.25, 0.3) is 0 Å². The second-order valence-electron chi connectivity index (χ2n) is 3.84. The summed E-state index contributed by atoms with van der Waals surface area (Å²) in [5.41, 5.74) is 0. The fourth-order valence-corrected chi connectivity index (χ4v) is 1.83. The van der Waals surface area contributed by atoms with Crippen LogP contribution >= 0.6 is 0 Å². The van der Waals surface area contributed by atoms with Crippen LogP contribution in [-0.2, 0) is 19.1 Å². The maximum atomic E-state index is 13.0. The molecule has 5 nitrogen and oxygen atoms in total. The van der Waals surface area contributed by atoms with Gasteiger partial charge in [0.15, 0.2) is 6.04 Å². The highest BCUT2D eigenvalue weighted by molar-refractivity contribution is 5.95. The number of hydrogen-bond donors (Lipinski definition) is 0. The van der Waals surface area contributed by atoms with Crippen LogP contribution in [0.2, 0.25) is 0 Å². The highest BCUT2D eigenvalue weighted by atomic mass is 19.4. The van der Waals surface area contributed by atoms with E-state index in [1.54, 1.807) is 0 Å². The number of carbonyl (C=O) groups excluding carboxylic acids is 2. The van der Waals surface area contributed by atoms with Gasteiger partial charge < -0.3 is 9.47 Å². The lowest BCUT2D eigenvalue weighted by molar-refractivity contribution is -0.198. The van der Waals surface area contributed by atoms with Crippen LogP contribution in [0.3, 0.4) is 0 Å². The van der Waals surface area contributed by atoms with E-state index in [0.717, 1.165) is 6.21 Å². The monoisotopic (exact) mass is 281 g/mol. The van der Waals surface area contributed by atoms with E-state index >= 15 is 0 Å². The first-order valence-corrected chi connectivity index (χ1v) is 5.76. The molecule has 19 heavy (non-hydrogen) atoms. The first kappa shape index (κ1) is 15.5. The molecule has 0 aromatic rings. The standard InChI is InChI=1S/C11H14F3NO4/c1-3-18-9(16)6-5-15-8(10(17)19-4-2)7(6)11(12,13)14/h5-8H,3-4H2,1-2H3. The molecule has 0 N–H and O–H groups in total. The van der Waals surface area contributed by atoms with Crippen molar-refractivity contribution >= 4 is 18.2 Å². The van der Waals surface area contributed by atoms with E-state index in [1.165, 1.54) is 13.8 Å². The second kappa shape index (κ2) is 6.03. The average Bonchev–Trinajstić information content (AvgIpc) is 2.73. The number of alkyl halides is 3. The molecule has 1 rings (SSSR count). The lowest BCUT2D eigenvalue weighted by atomic mass is 9.89. The highest BCUT2D eigenvalue weighted by Gasteiger charge is 2.57. The number of rotatable bonds is 4. The van der Waals surface area contributed by atoms with E-state index in [1.807, 2.05) is 0 Å². The van der Waals surface area contributed by atoms with Gasteiger partial charge in [-0.1, -0.05) is 0 Å². The predicted octanol–water partition coefficient (Wildman–Crippen LogP) is 1.36. The highest BCUT2D eigenvalue weighted by Crippen LogP contribution is 2.39. The summed E-state index contributed by atoms with van der Waals surface area (Å²) in [6.07, 6.45) is -3.93. The molecule has 0 saturated carbocycles. The lowest BCUT2D eigenvalue weighted by Gasteiger charge is -2.23. The Morgan fingerprint density at radius 1 is 1.16 bits per heavy atom. The number of nitrogens with zero attached hydrogens (tertiary/aromatic N) is 1. The molecule has 3 unspecified atom stereocenters. The summed E-state index contributed by atoms with van der Waals surface area (Å²) in [7, 11) is 0. The number of ether oxygens (including phenoxy) is 2. The summed E-state index contributed by atoms with van der Waals surface area (Å²) < 4.78 is 48.0. The smallest absolute Gasteiger partial charge is 0.395 e. The summed E-state index contributed by atoms with van der Waals surface area (Å²) >= 11 is 0. The van der Waals surface area contributed by atoms with Crippen molar-refractivity contribution in [2.24, 2.45) is 16.8 Å². The number of halogens is 3. The molecule has 0 aromatic heterocycles. The molecule has 0 aromatic carbocycles. The van der Waals surface area contributed by atoms with E-state index in [4.69, 9.17) is 0 Å². The molecule has 3 atom stereocenters. The molecule has 0 aliphatic carbocycles. The van der Waals surface area contributed by atoms with Crippen molar-refractivity contribution in [3.63, 3.8) is 0 Å². The Hall–Kier alpha value is -1.60. The molecule has 0 fully saturated rings. The van der Waals surface area contributed by atoms with Gasteiger partial charge >= 0.3 is 18.1 Å². The average molecular weight is 281 g/mol. The Labute approximate surface area is 107 Å². The summed E-state index contributed by atoms with van der Waals surface area (Å²) in [6, 6.07) is -1.74. The van der Waals surface area contributed by atoms with E-state index in [0.29, 0.717) is 0 Å². The minimum Gasteiger partial charge on any atom is -0.465 e. The van der Waals surface area contributed by atoms with Crippen molar-refractivity contribution in [1.29, 1.82) is 0 Å². The van der Waals surface area contributed by atoms with Crippen LogP contribution < -0.4 is 0 Å². The first-order chi connectivity index (χ1) is 8.82. The maximum absolute atomic E-state index is 13.0. The third-order valence-corrected chi connectivity index (χ3v) is 2.60. The van der Waals surface area contributed by atoms with Gasteiger partial charge in [-0.05, 0) is 13.8 Å². The lowest BCUT2D eigenvalue weighted by Crippen LogP contribution is -2.43. The fourth-order valence-electron chi connectivity index (χ4n) is 1.83. The molecule has 1 heterocycles. The Balaban J connectivity index is 2.95. The molecule has 0 saturated heterocycles. The first-order valence-electron chi connectivity index (χ1n) is 5.76. The van der Waals surface area contributed by atoms with Gasteiger partial charge in [-0.15, -0.1) is 0 Å². The van der Waals surface area contributed by atoms with Crippen molar-refractivity contribution in [3.05, 3.63) is 0 Å². The molecule has 108 valence electrons. The Morgan fingerprint density at radius 2 is 1.68 bits per heavy atom. The topological polar surface area (TPSA) is 65.0 Å². The van der Waals surface area contributed by atoms with E-state index in [2.05, 4.69) is 14.5 Å². The summed E-state index contributed by atoms with van der Waals surface area (Å²) in [5, 5.41) is 0. The van der Waals surface area contributed by atoms with Crippen LogP contribution in [0, 0.1) is 11.8 Å². The Kier molecular flexibility index (Phi) is 4.90.